The molecular weight excluding hydrogens is 249 g/mol. The summed E-state index contributed by atoms with van der Waals surface area (Å²) in [7, 11) is 0. The van der Waals surface area contributed by atoms with Gasteiger partial charge in [-0.3, -0.25) is 0 Å². The number of benzene rings is 1. The normalized spacial score (nSPS) is 31.1. The van der Waals surface area contributed by atoms with Crippen LogP contribution in [0.2, 0.25) is 5.02 Å². The molecule has 1 saturated carbocycles. The monoisotopic (exact) mass is 265 g/mol. The lowest BCUT2D eigenvalue weighted by molar-refractivity contribution is 0.456. The fraction of sp³-hybridized carbons (Fsp3) is 0.467. The minimum Gasteiger partial charge on any atom is -0.310 e. The molecule has 96 valence electrons. The lowest BCUT2D eigenvalue weighted by Crippen LogP contribution is -2.23. The highest BCUT2D eigenvalue weighted by molar-refractivity contribution is 6.32. The van der Waals surface area contributed by atoms with Crippen molar-refractivity contribution in [3.05, 3.63) is 40.7 Å². The predicted molar refractivity (Wildman–Crippen MR) is 73.1 cm³/mol. The molecule has 0 aromatic heterocycles. The minimum absolute atomic E-state index is 0.285. The number of hydrogen-bond donors (Lipinski definition) is 1. The number of nitrogens with one attached hydrogen (secondary N) is 1. The lowest BCUT2D eigenvalue weighted by Gasteiger charge is -2.13. The van der Waals surface area contributed by atoms with Crippen LogP contribution < -0.4 is 5.32 Å². The molecule has 1 aliphatic carbocycles. The fourth-order valence-electron chi connectivity index (χ4n) is 3.29. The van der Waals surface area contributed by atoms with Crippen molar-refractivity contribution < 1.29 is 4.39 Å². The second-order valence-corrected chi connectivity index (χ2v) is 5.72. The molecular formula is C15H17ClFN. The third-order valence-electron chi connectivity index (χ3n) is 4.24. The number of rotatable bonds is 2. The fourth-order valence-corrected chi connectivity index (χ4v) is 3.52. The summed E-state index contributed by atoms with van der Waals surface area (Å²) < 4.78 is 12.9. The van der Waals surface area contributed by atoms with Crippen molar-refractivity contribution in [1.82, 2.24) is 5.32 Å². The maximum absolute atomic E-state index is 12.9. The molecule has 0 spiro atoms. The van der Waals surface area contributed by atoms with Crippen molar-refractivity contribution in [3.8, 4) is 0 Å². The minimum atomic E-state index is -0.285. The predicted octanol–water partition coefficient (Wildman–Crippen LogP) is 3.88. The van der Waals surface area contributed by atoms with Crippen LogP contribution in [0.25, 0.3) is 6.08 Å². The molecule has 3 atom stereocenters. The summed E-state index contributed by atoms with van der Waals surface area (Å²) in [5.74, 6) is 1.34. The second kappa shape index (κ2) is 5.02. The molecule has 1 aromatic carbocycles. The highest BCUT2D eigenvalue weighted by atomic mass is 35.5. The van der Waals surface area contributed by atoms with Crippen LogP contribution in [-0.2, 0) is 0 Å². The number of fused-ring (bicyclic) bond motifs is 1. The summed E-state index contributed by atoms with van der Waals surface area (Å²) in [4.78, 5) is 0. The van der Waals surface area contributed by atoms with Crippen LogP contribution in [0.5, 0.6) is 0 Å². The quantitative estimate of drug-likeness (QED) is 0.856. The molecule has 0 radical (unpaired) electrons. The van der Waals surface area contributed by atoms with E-state index in [1.165, 1.54) is 31.4 Å². The van der Waals surface area contributed by atoms with Crippen molar-refractivity contribution in [1.29, 1.82) is 0 Å². The highest BCUT2D eigenvalue weighted by Crippen LogP contribution is 2.38. The van der Waals surface area contributed by atoms with E-state index in [1.54, 1.807) is 6.07 Å². The van der Waals surface area contributed by atoms with Gasteiger partial charge in [-0.15, -0.1) is 0 Å². The van der Waals surface area contributed by atoms with E-state index >= 15 is 0 Å². The summed E-state index contributed by atoms with van der Waals surface area (Å²) in [5, 5.41) is 4.03. The van der Waals surface area contributed by atoms with Crippen molar-refractivity contribution in [3.63, 3.8) is 0 Å². The van der Waals surface area contributed by atoms with Gasteiger partial charge in [0.05, 0.1) is 5.02 Å². The Morgan fingerprint density at radius 3 is 3.06 bits per heavy atom. The average molecular weight is 266 g/mol. The van der Waals surface area contributed by atoms with Crippen LogP contribution in [0, 0.1) is 17.7 Å². The van der Waals surface area contributed by atoms with E-state index in [0.717, 1.165) is 23.9 Å². The first-order chi connectivity index (χ1) is 8.74. The van der Waals surface area contributed by atoms with Gasteiger partial charge in [0.15, 0.2) is 0 Å². The van der Waals surface area contributed by atoms with E-state index < -0.39 is 0 Å². The Bertz CT molecular complexity index is 472. The zero-order chi connectivity index (χ0) is 12.5. The topological polar surface area (TPSA) is 12.0 Å². The third kappa shape index (κ3) is 2.32. The van der Waals surface area contributed by atoms with Gasteiger partial charge in [-0.05, 0) is 48.9 Å². The van der Waals surface area contributed by atoms with E-state index in [1.807, 2.05) is 6.08 Å². The number of halogens is 2. The summed E-state index contributed by atoms with van der Waals surface area (Å²) in [6.07, 6.45) is 8.25. The van der Waals surface area contributed by atoms with Gasteiger partial charge in [0.2, 0.25) is 0 Å². The van der Waals surface area contributed by atoms with Gasteiger partial charge in [0, 0.05) is 6.04 Å². The van der Waals surface area contributed by atoms with E-state index in [-0.39, 0.29) is 5.82 Å². The van der Waals surface area contributed by atoms with Gasteiger partial charge in [-0.1, -0.05) is 36.2 Å². The molecule has 1 aliphatic heterocycles. The first-order valence-electron chi connectivity index (χ1n) is 6.60. The van der Waals surface area contributed by atoms with Crippen molar-refractivity contribution in [2.24, 2.45) is 11.8 Å². The van der Waals surface area contributed by atoms with E-state index in [4.69, 9.17) is 11.6 Å². The van der Waals surface area contributed by atoms with Crippen LogP contribution in [-0.4, -0.2) is 12.6 Å². The molecule has 1 aromatic rings. The SMILES string of the molecule is Fc1ccc(/C=C/C2NCC3CCCC32)c(Cl)c1. The summed E-state index contributed by atoms with van der Waals surface area (Å²) in [6, 6.07) is 5.00. The zero-order valence-corrected chi connectivity index (χ0v) is 11.0. The molecule has 1 saturated heterocycles. The number of hydrogen-bond acceptors (Lipinski definition) is 1. The van der Waals surface area contributed by atoms with Crippen molar-refractivity contribution in [2.75, 3.05) is 6.54 Å². The molecule has 3 rings (SSSR count). The van der Waals surface area contributed by atoms with Crippen LogP contribution in [0.4, 0.5) is 4.39 Å². The summed E-state index contributed by atoms with van der Waals surface area (Å²) in [5.41, 5.74) is 0.890. The maximum atomic E-state index is 12.9. The van der Waals surface area contributed by atoms with Gasteiger partial charge in [0.25, 0.3) is 0 Å². The second-order valence-electron chi connectivity index (χ2n) is 5.31. The van der Waals surface area contributed by atoms with Gasteiger partial charge in [0.1, 0.15) is 5.82 Å². The van der Waals surface area contributed by atoms with Gasteiger partial charge in [-0.2, -0.15) is 0 Å². The van der Waals surface area contributed by atoms with Gasteiger partial charge >= 0.3 is 0 Å². The Hall–Kier alpha value is -0.860. The van der Waals surface area contributed by atoms with Crippen LogP contribution in [0.3, 0.4) is 0 Å². The molecule has 2 fully saturated rings. The molecule has 3 unspecified atom stereocenters. The van der Waals surface area contributed by atoms with Gasteiger partial charge in [-0.25, -0.2) is 4.39 Å². The van der Waals surface area contributed by atoms with Crippen molar-refractivity contribution in [2.45, 2.75) is 25.3 Å². The van der Waals surface area contributed by atoms with Crippen molar-refractivity contribution >= 4 is 17.7 Å². The maximum Gasteiger partial charge on any atom is 0.124 e. The largest absolute Gasteiger partial charge is 0.310 e. The Kier molecular flexibility index (Phi) is 3.40. The van der Waals surface area contributed by atoms with Gasteiger partial charge < -0.3 is 5.32 Å². The Morgan fingerprint density at radius 1 is 1.33 bits per heavy atom. The highest BCUT2D eigenvalue weighted by Gasteiger charge is 2.37. The molecule has 18 heavy (non-hydrogen) atoms. The molecule has 0 bridgehead atoms. The molecule has 0 amide bonds. The van der Waals surface area contributed by atoms with E-state index in [9.17, 15) is 4.39 Å². The van der Waals surface area contributed by atoms with Crippen LogP contribution in [0.15, 0.2) is 24.3 Å². The Balaban J connectivity index is 1.74. The lowest BCUT2D eigenvalue weighted by atomic mass is 9.93. The molecule has 2 aliphatic rings. The summed E-state index contributed by atoms with van der Waals surface area (Å²) >= 11 is 6.01. The van der Waals surface area contributed by atoms with Crippen LogP contribution >= 0.6 is 11.6 Å². The third-order valence-corrected chi connectivity index (χ3v) is 4.57. The first kappa shape index (κ1) is 12.2. The zero-order valence-electron chi connectivity index (χ0n) is 10.2. The Labute approximate surface area is 112 Å². The molecule has 1 heterocycles. The molecule has 3 heteroatoms. The molecule has 1 N–H and O–H groups in total. The smallest absolute Gasteiger partial charge is 0.124 e. The molecule has 1 nitrogen and oxygen atoms in total. The first-order valence-corrected chi connectivity index (χ1v) is 6.98. The van der Waals surface area contributed by atoms with E-state index in [2.05, 4.69) is 11.4 Å². The van der Waals surface area contributed by atoms with E-state index in [0.29, 0.717) is 11.1 Å². The average Bonchev–Trinajstić information content (AvgIpc) is 2.91. The van der Waals surface area contributed by atoms with Crippen LogP contribution in [0.1, 0.15) is 24.8 Å². The standard InChI is InChI=1S/C15H17ClFN/c16-14-8-12(17)6-4-10(14)5-7-15-13-3-1-2-11(13)9-18-15/h4-8,11,13,15,18H,1-3,9H2/b7-5+. The Morgan fingerprint density at radius 2 is 2.22 bits per heavy atom. The summed E-state index contributed by atoms with van der Waals surface area (Å²) in [6.45, 7) is 1.14.